The van der Waals surface area contributed by atoms with Crippen LogP contribution in [0.2, 0.25) is 0 Å². The van der Waals surface area contributed by atoms with Gasteiger partial charge in [0.25, 0.3) is 0 Å². The molecule has 1 fully saturated rings. The lowest BCUT2D eigenvalue weighted by atomic mass is 9.77. The number of hydrogen-bond acceptors (Lipinski definition) is 0. The summed E-state index contributed by atoms with van der Waals surface area (Å²) in [5, 5.41) is 0. The molecule has 0 amide bonds. The Balaban J connectivity index is 2.47. The summed E-state index contributed by atoms with van der Waals surface area (Å²) in [5.74, 6) is 1.72. The van der Waals surface area contributed by atoms with Crippen molar-refractivity contribution in [2.75, 3.05) is 0 Å². The molecule has 58 valence electrons. The van der Waals surface area contributed by atoms with Crippen LogP contribution in [-0.4, -0.2) is 0 Å². The zero-order valence-electron chi connectivity index (χ0n) is 7.19. The summed E-state index contributed by atoms with van der Waals surface area (Å²) in [5.41, 5.74) is 1.40. The van der Waals surface area contributed by atoms with Gasteiger partial charge in [0.2, 0.25) is 0 Å². The molecule has 10 heavy (non-hydrogen) atoms. The van der Waals surface area contributed by atoms with Crippen molar-refractivity contribution in [3.8, 4) is 0 Å². The van der Waals surface area contributed by atoms with E-state index in [1.807, 2.05) is 0 Å². The fourth-order valence-electron chi connectivity index (χ4n) is 2.05. The molecule has 0 aromatic rings. The molecule has 0 bridgehead atoms. The van der Waals surface area contributed by atoms with Crippen LogP contribution in [0.3, 0.4) is 0 Å². The number of rotatable bonds is 1. The number of allylic oxidation sites excluding steroid dienone is 1. The van der Waals surface area contributed by atoms with Gasteiger partial charge in [-0.3, -0.25) is 0 Å². The van der Waals surface area contributed by atoms with Crippen molar-refractivity contribution in [2.45, 2.75) is 39.5 Å². The van der Waals surface area contributed by atoms with E-state index in [-0.39, 0.29) is 0 Å². The predicted molar refractivity (Wildman–Crippen MR) is 45.9 cm³/mol. The zero-order chi connectivity index (χ0) is 7.56. The van der Waals surface area contributed by atoms with Crippen molar-refractivity contribution in [3.63, 3.8) is 0 Å². The fraction of sp³-hybridized carbons (Fsp3) is 0.800. The maximum absolute atomic E-state index is 4.03. The average molecular weight is 138 g/mol. The van der Waals surface area contributed by atoms with Gasteiger partial charge < -0.3 is 0 Å². The Bertz CT molecular complexity index is 124. The summed E-state index contributed by atoms with van der Waals surface area (Å²) < 4.78 is 0. The summed E-state index contributed by atoms with van der Waals surface area (Å²) in [4.78, 5) is 0. The molecule has 0 unspecified atom stereocenters. The molecule has 2 atom stereocenters. The van der Waals surface area contributed by atoms with Crippen LogP contribution in [0.5, 0.6) is 0 Å². The largest absolute Gasteiger partial charge is 0.0999 e. The van der Waals surface area contributed by atoms with Gasteiger partial charge in [-0.1, -0.05) is 38.3 Å². The van der Waals surface area contributed by atoms with E-state index in [1.54, 1.807) is 0 Å². The van der Waals surface area contributed by atoms with Crippen molar-refractivity contribution in [3.05, 3.63) is 12.2 Å². The highest BCUT2D eigenvalue weighted by molar-refractivity contribution is 4.99. The van der Waals surface area contributed by atoms with E-state index in [0.29, 0.717) is 0 Å². The minimum atomic E-state index is 0.828. The predicted octanol–water partition coefficient (Wildman–Crippen LogP) is 3.39. The fourth-order valence-corrected chi connectivity index (χ4v) is 2.05. The monoisotopic (exact) mass is 138 g/mol. The van der Waals surface area contributed by atoms with Gasteiger partial charge in [0.15, 0.2) is 0 Å². The topological polar surface area (TPSA) is 0 Å². The van der Waals surface area contributed by atoms with Crippen LogP contribution in [-0.2, 0) is 0 Å². The lowest BCUT2D eigenvalue weighted by molar-refractivity contribution is 0.294. The van der Waals surface area contributed by atoms with E-state index < -0.39 is 0 Å². The minimum Gasteiger partial charge on any atom is -0.0999 e. The lowest BCUT2D eigenvalue weighted by Crippen LogP contribution is -2.16. The third-order valence-electron chi connectivity index (χ3n) is 2.74. The van der Waals surface area contributed by atoms with Gasteiger partial charge in [0, 0.05) is 0 Å². The molecule has 1 aliphatic carbocycles. The quantitative estimate of drug-likeness (QED) is 0.487. The summed E-state index contributed by atoms with van der Waals surface area (Å²) in [6.45, 7) is 8.56. The van der Waals surface area contributed by atoms with Crippen molar-refractivity contribution in [1.29, 1.82) is 0 Å². The van der Waals surface area contributed by atoms with E-state index in [9.17, 15) is 0 Å². The highest BCUT2D eigenvalue weighted by Crippen LogP contribution is 2.33. The second kappa shape index (κ2) is 3.23. The third kappa shape index (κ3) is 1.62. The van der Waals surface area contributed by atoms with Crippen LogP contribution in [0, 0.1) is 11.8 Å². The lowest BCUT2D eigenvalue weighted by Gasteiger charge is -2.28. The molecule has 0 radical (unpaired) electrons. The zero-order valence-corrected chi connectivity index (χ0v) is 7.19. The average Bonchev–Trinajstić information content (AvgIpc) is 1.88. The Hall–Kier alpha value is -0.260. The Morgan fingerprint density at radius 3 is 2.30 bits per heavy atom. The molecule has 0 nitrogen and oxygen atoms in total. The molecule has 0 aromatic carbocycles. The van der Waals surface area contributed by atoms with Gasteiger partial charge >= 0.3 is 0 Å². The first-order valence-electron chi connectivity index (χ1n) is 4.37. The van der Waals surface area contributed by atoms with Crippen LogP contribution >= 0.6 is 0 Å². The highest BCUT2D eigenvalue weighted by Gasteiger charge is 2.20. The van der Waals surface area contributed by atoms with E-state index >= 15 is 0 Å². The maximum Gasteiger partial charge on any atom is -0.0183 e. The van der Waals surface area contributed by atoms with Crippen LogP contribution in [0.25, 0.3) is 0 Å². The standard InChI is InChI=1S/C10H18/c1-8(2)10-7-5-4-6-9(10)3/h9-10H,1,4-7H2,2-3H3/t9-,10+/m0/s1. The summed E-state index contributed by atoms with van der Waals surface area (Å²) in [6.07, 6.45) is 5.65. The first-order valence-corrected chi connectivity index (χ1v) is 4.37. The smallest absolute Gasteiger partial charge is 0.0183 e. The van der Waals surface area contributed by atoms with E-state index in [0.717, 1.165) is 11.8 Å². The summed E-state index contributed by atoms with van der Waals surface area (Å²) in [6, 6.07) is 0. The van der Waals surface area contributed by atoms with Crippen LogP contribution < -0.4 is 0 Å². The van der Waals surface area contributed by atoms with Gasteiger partial charge in [0.05, 0.1) is 0 Å². The van der Waals surface area contributed by atoms with Crippen LogP contribution in [0.15, 0.2) is 12.2 Å². The second-order valence-corrected chi connectivity index (χ2v) is 3.71. The van der Waals surface area contributed by atoms with Crippen LogP contribution in [0.1, 0.15) is 39.5 Å². The SMILES string of the molecule is C=C(C)[C@H]1CCCC[C@@H]1C. The number of hydrogen-bond donors (Lipinski definition) is 0. The molecule has 1 saturated carbocycles. The molecule has 0 heteroatoms. The van der Waals surface area contributed by atoms with Gasteiger partial charge in [-0.2, -0.15) is 0 Å². The van der Waals surface area contributed by atoms with Gasteiger partial charge in [-0.05, 0) is 25.2 Å². The normalized spacial score (nSPS) is 33.8. The second-order valence-electron chi connectivity index (χ2n) is 3.71. The molecule has 1 rings (SSSR count). The molecule has 1 aliphatic rings. The molecule has 0 spiro atoms. The van der Waals surface area contributed by atoms with Crippen molar-refractivity contribution < 1.29 is 0 Å². The van der Waals surface area contributed by atoms with E-state index in [4.69, 9.17) is 0 Å². The summed E-state index contributed by atoms with van der Waals surface area (Å²) in [7, 11) is 0. The molecule has 0 aromatic heterocycles. The van der Waals surface area contributed by atoms with E-state index in [1.165, 1.54) is 31.3 Å². The molecule has 0 heterocycles. The Morgan fingerprint density at radius 1 is 1.30 bits per heavy atom. The Labute approximate surface area is 64.3 Å². The molecule has 0 saturated heterocycles. The first-order chi connectivity index (χ1) is 4.72. The first kappa shape index (κ1) is 7.84. The van der Waals surface area contributed by atoms with Gasteiger partial charge in [-0.25, -0.2) is 0 Å². The van der Waals surface area contributed by atoms with Crippen molar-refractivity contribution in [2.24, 2.45) is 11.8 Å². The Morgan fingerprint density at radius 2 is 1.90 bits per heavy atom. The highest BCUT2D eigenvalue weighted by atomic mass is 14.3. The van der Waals surface area contributed by atoms with Crippen molar-refractivity contribution >= 4 is 0 Å². The van der Waals surface area contributed by atoms with Crippen LogP contribution in [0.4, 0.5) is 0 Å². The summed E-state index contributed by atoms with van der Waals surface area (Å²) >= 11 is 0. The third-order valence-corrected chi connectivity index (χ3v) is 2.74. The van der Waals surface area contributed by atoms with Crippen molar-refractivity contribution in [1.82, 2.24) is 0 Å². The molecule has 0 N–H and O–H groups in total. The van der Waals surface area contributed by atoms with Gasteiger partial charge in [-0.15, -0.1) is 0 Å². The minimum absolute atomic E-state index is 0.828. The molecular formula is C10H18. The van der Waals surface area contributed by atoms with Gasteiger partial charge in [0.1, 0.15) is 0 Å². The Kier molecular flexibility index (Phi) is 2.53. The van der Waals surface area contributed by atoms with E-state index in [2.05, 4.69) is 20.4 Å². The molecular weight excluding hydrogens is 120 g/mol. The molecule has 0 aliphatic heterocycles. The maximum atomic E-state index is 4.03.